The van der Waals surface area contributed by atoms with E-state index < -0.39 is 0 Å². The van der Waals surface area contributed by atoms with Crippen LogP contribution in [0.1, 0.15) is 84.5 Å². The molecule has 20 heavy (non-hydrogen) atoms. The average molecular weight is 281 g/mol. The summed E-state index contributed by atoms with van der Waals surface area (Å²) >= 11 is 0. The van der Waals surface area contributed by atoms with E-state index in [2.05, 4.69) is 19.2 Å². The highest BCUT2D eigenvalue weighted by Gasteiger charge is 2.38. The van der Waals surface area contributed by atoms with Crippen molar-refractivity contribution in [3.05, 3.63) is 0 Å². The molecule has 118 valence electrons. The van der Waals surface area contributed by atoms with Gasteiger partial charge >= 0.3 is 0 Å². The Morgan fingerprint density at radius 2 is 1.35 bits per heavy atom. The number of nitrogens with one attached hydrogen (secondary N) is 1. The molecule has 1 saturated carbocycles. The Balaban J connectivity index is 1.90. The monoisotopic (exact) mass is 281 g/mol. The van der Waals surface area contributed by atoms with Crippen molar-refractivity contribution in [2.45, 2.75) is 96.2 Å². The molecule has 0 aromatic rings. The minimum Gasteiger partial charge on any atom is -0.369 e. The Bertz CT molecular complexity index is 256. The Labute approximate surface area is 126 Å². The Kier molecular flexibility index (Phi) is 6.83. The van der Waals surface area contributed by atoms with Gasteiger partial charge < -0.3 is 10.1 Å². The molecule has 2 atom stereocenters. The van der Waals surface area contributed by atoms with Gasteiger partial charge in [-0.1, -0.05) is 57.8 Å². The van der Waals surface area contributed by atoms with Gasteiger partial charge in [-0.15, -0.1) is 0 Å². The Morgan fingerprint density at radius 1 is 0.850 bits per heavy atom. The fourth-order valence-corrected chi connectivity index (χ4v) is 4.08. The first-order chi connectivity index (χ1) is 9.71. The second-order valence-electron chi connectivity index (χ2n) is 7.33. The molecule has 0 aromatic carbocycles. The van der Waals surface area contributed by atoms with E-state index in [9.17, 15) is 0 Å². The standard InChI is InChI=1S/C18H35NO/c1-16-14-19-15-18(2,20-16)17-12-10-8-6-4-3-5-7-9-11-13-17/h16-17,19H,3-15H2,1-2H3. The van der Waals surface area contributed by atoms with Crippen molar-refractivity contribution in [2.75, 3.05) is 13.1 Å². The zero-order valence-electron chi connectivity index (χ0n) is 13.8. The number of morpholine rings is 1. The third-order valence-electron chi connectivity index (χ3n) is 5.35. The Hall–Kier alpha value is -0.0800. The predicted octanol–water partition coefficient (Wildman–Crippen LogP) is 4.67. The van der Waals surface area contributed by atoms with Gasteiger partial charge in [-0.3, -0.25) is 0 Å². The highest BCUT2D eigenvalue weighted by Crippen LogP contribution is 2.34. The first-order valence-electron chi connectivity index (χ1n) is 9.09. The third kappa shape index (κ3) is 5.04. The molecule has 2 heteroatoms. The van der Waals surface area contributed by atoms with Crippen molar-refractivity contribution in [3.63, 3.8) is 0 Å². The van der Waals surface area contributed by atoms with Crippen LogP contribution >= 0.6 is 0 Å². The topological polar surface area (TPSA) is 21.3 Å². The molecule has 2 aliphatic rings. The van der Waals surface area contributed by atoms with Crippen molar-refractivity contribution in [2.24, 2.45) is 5.92 Å². The lowest BCUT2D eigenvalue weighted by Crippen LogP contribution is -2.55. The van der Waals surface area contributed by atoms with E-state index >= 15 is 0 Å². The fraction of sp³-hybridized carbons (Fsp3) is 1.00. The molecule has 2 unspecified atom stereocenters. The SMILES string of the molecule is CC1CNCC(C)(C2CCCCCCCCCCC2)O1. The smallest absolute Gasteiger partial charge is 0.0810 e. The molecule has 1 N–H and O–H groups in total. The van der Waals surface area contributed by atoms with Crippen molar-refractivity contribution in [1.82, 2.24) is 5.32 Å². The summed E-state index contributed by atoms with van der Waals surface area (Å²) in [6.45, 7) is 6.62. The molecule has 0 spiro atoms. The number of rotatable bonds is 1. The molecule has 2 rings (SSSR count). The molecular weight excluding hydrogens is 246 g/mol. The number of hydrogen-bond acceptors (Lipinski definition) is 2. The zero-order valence-corrected chi connectivity index (χ0v) is 13.8. The van der Waals surface area contributed by atoms with Gasteiger partial charge in [0.15, 0.2) is 0 Å². The van der Waals surface area contributed by atoms with Crippen molar-refractivity contribution >= 4 is 0 Å². The molecular formula is C18H35NO. The van der Waals surface area contributed by atoms with Gasteiger partial charge in [0.05, 0.1) is 11.7 Å². The molecule has 0 bridgehead atoms. The lowest BCUT2D eigenvalue weighted by molar-refractivity contribution is -0.134. The van der Waals surface area contributed by atoms with Crippen LogP contribution in [0.25, 0.3) is 0 Å². The van der Waals surface area contributed by atoms with Crippen LogP contribution in [-0.4, -0.2) is 24.8 Å². The van der Waals surface area contributed by atoms with E-state index in [0.29, 0.717) is 6.10 Å². The van der Waals surface area contributed by atoms with Gasteiger partial charge in [-0.05, 0) is 32.6 Å². The molecule has 1 heterocycles. The summed E-state index contributed by atoms with van der Waals surface area (Å²) in [4.78, 5) is 0. The van der Waals surface area contributed by atoms with Gasteiger partial charge in [-0.2, -0.15) is 0 Å². The second kappa shape index (κ2) is 8.38. The normalized spacial score (nSPS) is 36.0. The van der Waals surface area contributed by atoms with Crippen LogP contribution in [-0.2, 0) is 4.74 Å². The summed E-state index contributed by atoms with van der Waals surface area (Å²) in [5, 5.41) is 3.58. The summed E-state index contributed by atoms with van der Waals surface area (Å²) in [7, 11) is 0. The van der Waals surface area contributed by atoms with E-state index in [1.54, 1.807) is 0 Å². The van der Waals surface area contributed by atoms with E-state index in [1.807, 2.05) is 0 Å². The molecule has 1 aliphatic carbocycles. The maximum absolute atomic E-state index is 6.38. The lowest BCUT2D eigenvalue weighted by atomic mass is 9.79. The van der Waals surface area contributed by atoms with Crippen LogP contribution < -0.4 is 5.32 Å². The van der Waals surface area contributed by atoms with E-state index in [-0.39, 0.29) is 5.60 Å². The fourth-order valence-electron chi connectivity index (χ4n) is 4.08. The van der Waals surface area contributed by atoms with Gasteiger partial charge in [0.2, 0.25) is 0 Å². The van der Waals surface area contributed by atoms with Crippen molar-refractivity contribution < 1.29 is 4.74 Å². The van der Waals surface area contributed by atoms with Crippen LogP contribution in [0, 0.1) is 5.92 Å². The molecule has 1 aliphatic heterocycles. The number of ether oxygens (including phenoxy) is 1. The highest BCUT2D eigenvalue weighted by atomic mass is 16.5. The first kappa shape index (κ1) is 16.3. The van der Waals surface area contributed by atoms with Crippen LogP contribution in [0.2, 0.25) is 0 Å². The maximum Gasteiger partial charge on any atom is 0.0810 e. The van der Waals surface area contributed by atoms with Gasteiger partial charge in [0, 0.05) is 13.1 Å². The molecule has 0 aromatic heterocycles. The largest absolute Gasteiger partial charge is 0.369 e. The summed E-state index contributed by atoms with van der Waals surface area (Å²) in [6, 6.07) is 0. The van der Waals surface area contributed by atoms with Gasteiger partial charge in [-0.25, -0.2) is 0 Å². The maximum atomic E-state index is 6.38. The number of hydrogen-bond donors (Lipinski definition) is 1. The minimum atomic E-state index is 0.0712. The summed E-state index contributed by atoms with van der Waals surface area (Å²) in [5.74, 6) is 0.747. The first-order valence-corrected chi connectivity index (χ1v) is 9.09. The Morgan fingerprint density at radius 3 is 1.85 bits per heavy atom. The summed E-state index contributed by atoms with van der Waals surface area (Å²) in [6.07, 6.45) is 16.0. The third-order valence-corrected chi connectivity index (χ3v) is 5.35. The van der Waals surface area contributed by atoms with Crippen LogP contribution in [0.3, 0.4) is 0 Å². The van der Waals surface area contributed by atoms with Crippen molar-refractivity contribution in [1.29, 1.82) is 0 Å². The van der Waals surface area contributed by atoms with E-state index in [4.69, 9.17) is 4.74 Å². The van der Waals surface area contributed by atoms with Crippen LogP contribution in [0.5, 0.6) is 0 Å². The minimum absolute atomic E-state index is 0.0712. The van der Waals surface area contributed by atoms with Gasteiger partial charge in [0.25, 0.3) is 0 Å². The molecule has 0 radical (unpaired) electrons. The van der Waals surface area contributed by atoms with Crippen LogP contribution in [0.15, 0.2) is 0 Å². The molecule has 1 saturated heterocycles. The molecule has 2 nitrogen and oxygen atoms in total. The molecule has 2 fully saturated rings. The average Bonchev–Trinajstić information content (AvgIpc) is 2.38. The zero-order chi connectivity index (χ0) is 14.3. The quantitative estimate of drug-likeness (QED) is 0.754. The summed E-state index contributed by atoms with van der Waals surface area (Å²) < 4.78 is 6.38. The van der Waals surface area contributed by atoms with Crippen molar-refractivity contribution in [3.8, 4) is 0 Å². The van der Waals surface area contributed by atoms with Crippen LogP contribution in [0.4, 0.5) is 0 Å². The summed E-state index contributed by atoms with van der Waals surface area (Å²) in [5.41, 5.74) is 0.0712. The highest BCUT2D eigenvalue weighted by molar-refractivity contribution is 4.90. The van der Waals surface area contributed by atoms with E-state index in [0.717, 1.165) is 19.0 Å². The molecule has 0 amide bonds. The van der Waals surface area contributed by atoms with Gasteiger partial charge in [0.1, 0.15) is 0 Å². The predicted molar refractivity (Wildman–Crippen MR) is 86.1 cm³/mol. The lowest BCUT2D eigenvalue weighted by Gasteiger charge is -2.44. The second-order valence-corrected chi connectivity index (χ2v) is 7.33. The van der Waals surface area contributed by atoms with E-state index in [1.165, 1.54) is 70.6 Å².